The summed E-state index contributed by atoms with van der Waals surface area (Å²) in [5.41, 5.74) is 0.907. The number of hydrogen-bond acceptors (Lipinski definition) is 3. The van der Waals surface area contributed by atoms with E-state index in [0.29, 0.717) is 18.9 Å². The van der Waals surface area contributed by atoms with Gasteiger partial charge in [0.2, 0.25) is 0 Å². The lowest BCUT2D eigenvalue weighted by atomic mass is 9.84. The van der Waals surface area contributed by atoms with E-state index in [1.54, 1.807) is 6.92 Å². The molecule has 94 valence electrons. The topological polar surface area (TPSA) is 47.6 Å². The minimum absolute atomic E-state index is 0.139. The second kappa shape index (κ2) is 4.45. The summed E-state index contributed by atoms with van der Waals surface area (Å²) >= 11 is 0. The van der Waals surface area contributed by atoms with Gasteiger partial charge in [-0.15, -0.1) is 0 Å². The van der Waals surface area contributed by atoms with E-state index in [9.17, 15) is 4.57 Å². The molecule has 0 bridgehead atoms. The van der Waals surface area contributed by atoms with Gasteiger partial charge >= 0.3 is 7.75 Å². The van der Waals surface area contributed by atoms with Crippen molar-refractivity contribution in [3.05, 3.63) is 29.8 Å². The molecule has 1 heterocycles. The quantitative estimate of drug-likeness (QED) is 0.825. The molecule has 1 aromatic rings. The van der Waals surface area contributed by atoms with E-state index in [4.69, 9.17) is 9.05 Å². The highest BCUT2D eigenvalue weighted by Gasteiger charge is 2.36. The first-order valence-electron chi connectivity index (χ1n) is 5.76. The monoisotopic (exact) mass is 255 g/mol. The van der Waals surface area contributed by atoms with Gasteiger partial charge in [0, 0.05) is 17.5 Å². The van der Waals surface area contributed by atoms with Gasteiger partial charge in [-0.25, -0.2) is 9.65 Å². The van der Waals surface area contributed by atoms with Gasteiger partial charge in [-0.3, -0.25) is 4.52 Å². The molecule has 5 heteroatoms. The van der Waals surface area contributed by atoms with Gasteiger partial charge < -0.3 is 4.52 Å². The molecule has 0 aliphatic carbocycles. The van der Waals surface area contributed by atoms with E-state index in [1.165, 1.54) is 0 Å². The Kier molecular flexibility index (Phi) is 3.30. The first-order valence-corrected chi connectivity index (χ1v) is 7.30. The van der Waals surface area contributed by atoms with E-state index in [1.807, 2.05) is 24.3 Å². The number of hydrogen-bond donors (Lipinski definition) is 1. The second-order valence-electron chi connectivity index (χ2n) is 4.72. The van der Waals surface area contributed by atoms with E-state index in [0.717, 1.165) is 5.56 Å². The normalized spacial score (nSPS) is 26.8. The average Bonchev–Trinajstić information content (AvgIpc) is 2.36. The molecule has 1 unspecified atom stereocenters. The minimum Gasteiger partial charge on any atom is -0.413 e. The van der Waals surface area contributed by atoms with Crippen molar-refractivity contribution in [2.75, 3.05) is 13.2 Å². The Balaban J connectivity index is 2.43. The number of rotatable bonds is 2. The molecule has 1 atom stereocenters. The fraction of sp³-hybridized carbons (Fsp3) is 0.500. The summed E-state index contributed by atoms with van der Waals surface area (Å²) in [4.78, 5) is 0. The van der Waals surface area contributed by atoms with Crippen LogP contribution in [0.1, 0.15) is 26.3 Å². The van der Waals surface area contributed by atoms with Crippen LogP contribution in [0.2, 0.25) is 0 Å². The molecule has 1 aromatic carbocycles. The van der Waals surface area contributed by atoms with Gasteiger partial charge in [0.1, 0.15) is 5.75 Å². The maximum atomic E-state index is 12.3. The summed E-state index contributed by atoms with van der Waals surface area (Å²) in [5.74, 6) is 0.638. The zero-order chi connectivity index (χ0) is 12.5. The van der Waals surface area contributed by atoms with Crippen LogP contribution in [-0.4, -0.2) is 13.2 Å². The third kappa shape index (κ3) is 2.54. The Labute approximate surface area is 102 Å². The fourth-order valence-corrected chi connectivity index (χ4v) is 3.45. The first-order chi connectivity index (χ1) is 7.97. The van der Waals surface area contributed by atoms with E-state index < -0.39 is 7.75 Å². The summed E-state index contributed by atoms with van der Waals surface area (Å²) in [6.07, 6.45) is 0. The van der Waals surface area contributed by atoms with Crippen LogP contribution in [-0.2, 0) is 14.5 Å². The molecule has 2 rings (SSSR count). The fourth-order valence-electron chi connectivity index (χ4n) is 1.90. The van der Waals surface area contributed by atoms with Crippen molar-refractivity contribution < 1.29 is 13.6 Å². The largest absolute Gasteiger partial charge is 0.458 e. The third-order valence-electron chi connectivity index (χ3n) is 2.85. The predicted octanol–water partition coefficient (Wildman–Crippen LogP) is 3.09. The molecule has 0 saturated heterocycles. The SMILES string of the molecule is CCOP1(=O)NCC(C)(C)c2ccccc2O1. The summed E-state index contributed by atoms with van der Waals surface area (Å²) in [6.45, 7) is 6.88. The second-order valence-corrected chi connectivity index (χ2v) is 6.47. The Bertz CT molecular complexity index is 459. The lowest BCUT2D eigenvalue weighted by molar-refractivity contribution is 0.270. The molecule has 1 aliphatic rings. The van der Waals surface area contributed by atoms with E-state index in [2.05, 4.69) is 18.9 Å². The standard InChI is InChI=1S/C12H18NO3P/c1-4-15-17(14)13-9-12(2,3)10-7-5-6-8-11(10)16-17/h5-8H,4,9H2,1-3H3,(H,13,14). The maximum absolute atomic E-state index is 12.3. The lowest BCUT2D eigenvalue weighted by Gasteiger charge is -2.23. The Morgan fingerprint density at radius 1 is 1.47 bits per heavy atom. The Morgan fingerprint density at radius 3 is 2.88 bits per heavy atom. The van der Waals surface area contributed by atoms with E-state index in [-0.39, 0.29) is 5.41 Å². The van der Waals surface area contributed by atoms with E-state index >= 15 is 0 Å². The van der Waals surface area contributed by atoms with Crippen LogP contribution >= 0.6 is 7.75 Å². The summed E-state index contributed by atoms with van der Waals surface area (Å²) in [6, 6.07) is 7.66. The van der Waals surface area contributed by atoms with Crippen LogP contribution in [0.25, 0.3) is 0 Å². The molecule has 0 radical (unpaired) electrons. The van der Waals surface area contributed by atoms with Gasteiger partial charge in [-0.1, -0.05) is 32.0 Å². The molecule has 0 fully saturated rings. The van der Waals surface area contributed by atoms with Crippen molar-refractivity contribution in [2.24, 2.45) is 0 Å². The zero-order valence-electron chi connectivity index (χ0n) is 10.4. The molecule has 0 amide bonds. The summed E-state index contributed by atoms with van der Waals surface area (Å²) in [5, 5.41) is 2.91. The van der Waals surface area contributed by atoms with Crippen LogP contribution < -0.4 is 9.61 Å². The molecule has 0 aromatic heterocycles. The van der Waals surface area contributed by atoms with Crippen LogP contribution in [0.5, 0.6) is 5.75 Å². The first kappa shape index (κ1) is 12.6. The molecular formula is C12H18NO3P. The molecule has 4 nitrogen and oxygen atoms in total. The average molecular weight is 255 g/mol. The predicted molar refractivity (Wildman–Crippen MR) is 67.3 cm³/mol. The molecule has 0 spiro atoms. The van der Waals surface area contributed by atoms with Crippen molar-refractivity contribution in [1.29, 1.82) is 0 Å². The minimum atomic E-state index is -3.22. The van der Waals surface area contributed by atoms with Gasteiger partial charge in [-0.2, -0.15) is 0 Å². The third-order valence-corrected chi connectivity index (χ3v) is 4.43. The Morgan fingerprint density at radius 2 is 2.18 bits per heavy atom. The number of benzene rings is 1. The van der Waals surface area contributed by atoms with Crippen LogP contribution in [0.15, 0.2) is 24.3 Å². The van der Waals surface area contributed by atoms with Crippen LogP contribution in [0.4, 0.5) is 0 Å². The van der Waals surface area contributed by atoms with Crippen molar-refractivity contribution in [3.8, 4) is 5.75 Å². The smallest absolute Gasteiger partial charge is 0.413 e. The van der Waals surface area contributed by atoms with Gasteiger partial charge in [0.15, 0.2) is 0 Å². The van der Waals surface area contributed by atoms with Crippen LogP contribution in [0.3, 0.4) is 0 Å². The highest BCUT2D eigenvalue weighted by atomic mass is 31.2. The highest BCUT2D eigenvalue weighted by Crippen LogP contribution is 2.49. The number of para-hydroxylation sites is 1. The number of nitrogens with one attached hydrogen (secondary N) is 1. The Hall–Kier alpha value is -0.830. The number of fused-ring (bicyclic) bond motifs is 1. The zero-order valence-corrected chi connectivity index (χ0v) is 11.3. The molecular weight excluding hydrogens is 237 g/mol. The molecule has 1 aliphatic heterocycles. The summed E-state index contributed by atoms with van der Waals surface area (Å²) in [7, 11) is -3.22. The van der Waals surface area contributed by atoms with Crippen molar-refractivity contribution in [2.45, 2.75) is 26.2 Å². The molecule has 0 saturated carbocycles. The van der Waals surface area contributed by atoms with Crippen molar-refractivity contribution in [1.82, 2.24) is 5.09 Å². The summed E-state index contributed by atoms with van der Waals surface area (Å²) < 4.78 is 23.1. The van der Waals surface area contributed by atoms with Gasteiger partial charge in [0.25, 0.3) is 0 Å². The highest BCUT2D eigenvalue weighted by molar-refractivity contribution is 7.52. The molecule has 1 N–H and O–H groups in total. The van der Waals surface area contributed by atoms with Crippen molar-refractivity contribution >= 4 is 7.75 Å². The van der Waals surface area contributed by atoms with Gasteiger partial charge in [0.05, 0.1) is 6.61 Å². The van der Waals surface area contributed by atoms with Crippen LogP contribution in [0, 0.1) is 0 Å². The lowest BCUT2D eigenvalue weighted by Crippen LogP contribution is -2.29. The van der Waals surface area contributed by atoms with Gasteiger partial charge in [-0.05, 0) is 13.0 Å². The molecule has 17 heavy (non-hydrogen) atoms. The van der Waals surface area contributed by atoms with Crippen molar-refractivity contribution in [3.63, 3.8) is 0 Å². The maximum Gasteiger partial charge on any atom is 0.458 e.